The van der Waals surface area contributed by atoms with Crippen LogP contribution in [-0.4, -0.2) is 50.1 Å². The Balaban J connectivity index is 1.53. The van der Waals surface area contributed by atoms with Crippen LogP contribution < -0.4 is 14.4 Å². The van der Waals surface area contributed by atoms with Crippen molar-refractivity contribution in [1.29, 1.82) is 0 Å². The predicted molar refractivity (Wildman–Crippen MR) is 111 cm³/mol. The van der Waals surface area contributed by atoms with E-state index in [1.54, 1.807) is 13.8 Å². The summed E-state index contributed by atoms with van der Waals surface area (Å²) in [5.74, 6) is 1.18. The molecule has 7 nitrogen and oxygen atoms in total. The van der Waals surface area contributed by atoms with Gasteiger partial charge in [0.15, 0.2) is 11.5 Å². The van der Waals surface area contributed by atoms with Gasteiger partial charge in [0.1, 0.15) is 12.6 Å². The monoisotopic (exact) mass is 413 g/mol. The third-order valence-corrected chi connectivity index (χ3v) is 6.15. The fourth-order valence-electron chi connectivity index (χ4n) is 4.65. The summed E-state index contributed by atoms with van der Waals surface area (Å²) in [4.78, 5) is 29.5. The van der Waals surface area contributed by atoms with Gasteiger partial charge in [0.05, 0.1) is 38.1 Å². The van der Waals surface area contributed by atoms with Gasteiger partial charge in [-0.3, -0.25) is 4.79 Å². The summed E-state index contributed by atoms with van der Waals surface area (Å²) >= 11 is 0. The van der Waals surface area contributed by atoms with Crippen molar-refractivity contribution >= 4 is 11.8 Å². The number of likely N-dealkylation sites (tertiary alicyclic amines) is 1. The number of Topliss-reactive ketones (excluding diaryl/α,β-unsaturated/α-hetero) is 1. The van der Waals surface area contributed by atoms with Gasteiger partial charge in [0.25, 0.3) is 0 Å². The molecule has 2 aromatic rings. The second kappa shape index (κ2) is 8.52. The first kappa shape index (κ1) is 20.5. The maximum atomic E-state index is 13.1. The molecule has 0 amide bonds. The zero-order valence-electron chi connectivity index (χ0n) is 17.8. The van der Waals surface area contributed by atoms with Crippen LogP contribution in [-0.2, 0) is 4.74 Å². The molecule has 2 aliphatic heterocycles. The van der Waals surface area contributed by atoms with Gasteiger partial charge < -0.3 is 24.1 Å². The number of H-pyrrole nitrogens is 1. The Morgan fingerprint density at radius 2 is 1.93 bits per heavy atom. The Bertz CT molecular complexity index is 965. The van der Waals surface area contributed by atoms with Crippen LogP contribution in [0.4, 0.5) is 0 Å². The highest BCUT2D eigenvalue weighted by atomic mass is 16.5. The molecule has 1 fully saturated rings. The summed E-state index contributed by atoms with van der Waals surface area (Å²) in [6, 6.07) is 6.38. The van der Waals surface area contributed by atoms with E-state index in [-0.39, 0.29) is 11.8 Å². The molecule has 160 valence electrons. The number of ether oxygens (including phenoxy) is 3. The summed E-state index contributed by atoms with van der Waals surface area (Å²) in [6.07, 6.45) is 2.97. The molecule has 2 atom stereocenters. The molecule has 0 saturated carbocycles. The minimum absolute atomic E-state index is 0.0157. The molecule has 30 heavy (non-hydrogen) atoms. The summed E-state index contributed by atoms with van der Waals surface area (Å²) < 4.78 is 16.4. The molecule has 1 aromatic carbocycles. The van der Waals surface area contributed by atoms with E-state index in [2.05, 4.69) is 17.1 Å². The molecule has 1 saturated heterocycles. The minimum atomic E-state index is -0.418. The Morgan fingerprint density at radius 1 is 1.17 bits per heavy atom. The lowest BCUT2D eigenvalue weighted by Crippen LogP contribution is -3.11. The van der Waals surface area contributed by atoms with Crippen molar-refractivity contribution in [3.05, 3.63) is 46.3 Å². The molecule has 3 heterocycles. The zero-order chi connectivity index (χ0) is 21.3. The van der Waals surface area contributed by atoms with Crippen LogP contribution >= 0.6 is 0 Å². The van der Waals surface area contributed by atoms with Gasteiger partial charge in [0.2, 0.25) is 5.78 Å². The van der Waals surface area contributed by atoms with Crippen LogP contribution in [0.25, 0.3) is 0 Å². The lowest BCUT2D eigenvalue weighted by molar-refractivity contribution is -0.910. The smallest absolute Gasteiger partial charge is 0.339 e. The molecule has 0 radical (unpaired) electrons. The van der Waals surface area contributed by atoms with E-state index >= 15 is 0 Å². The van der Waals surface area contributed by atoms with Crippen molar-refractivity contribution < 1.29 is 28.7 Å². The number of hydrogen-bond donors (Lipinski definition) is 2. The van der Waals surface area contributed by atoms with E-state index in [0.29, 0.717) is 42.3 Å². The summed E-state index contributed by atoms with van der Waals surface area (Å²) in [5.41, 5.74) is 3.46. The number of methoxy groups -OCH3 is 1. The maximum Gasteiger partial charge on any atom is 0.339 e. The number of esters is 1. The lowest BCUT2D eigenvalue weighted by Gasteiger charge is -2.22. The number of aromatic nitrogens is 1. The van der Waals surface area contributed by atoms with Gasteiger partial charge in [-0.05, 0) is 37.6 Å². The highest BCUT2D eigenvalue weighted by Crippen LogP contribution is 2.33. The van der Waals surface area contributed by atoms with Crippen molar-refractivity contribution in [2.75, 3.05) is 33.4 Å². The van der Waals surface area contributed by atoms with Gasteiger partial charge in [0, 0.05) is 30.5 Å². The first-order valence-corrected chi connectivity index (χ1v) is 10.5. The van der Waals surface area contributed by atoms with Crippen LogP contribution in [0.5, 0.6) is 11.5 Å². The van der Waals surface area contributed by atoms with Crippen molar-refractivity contribution in [1.82, 2.24) is 4.98 Å². The Labute approximate surface area is 176 Å². The maximum absolute atomic E-state index is 13.1. The number of benzene rings is 1. The lowest BCUT2D eigenvalue weighted by atomic mass is 10.0. The largest absolute Gasteiger partial charge is 0.490 e. The summed E-state index contributed by atoms with van der Waals surface area (Å²) in [6.45, 7) is 6.23. The number of hydrogen-bond acceptors (Lipinski definition) is 5. The first-order chi connectivity index (χ1) is 14.5. The third-order valence-electron chi connectivity index (χ3n) is 6.15. The molecule has 0 aliphatic carbocycles. The number of fused-ring (bicyclic) bond motifs is 1. The molecule has 7 heteroatoms. The Hall–Kier alpha value is -2.80. The third kappa shape index (κ3) is 3.81. The predicted octanol–water partition coefficient (Wildman–Crippen LogP) is 2.18. The van der Waals surface area contributed by atoms with E-state index < -0.39 is 5.97 Å². The molecular formula is C23H29N2O5+. The van der Waals surface area contributed by atoms with E-state index in [9.17, 15) is 9.59 Å². The van der Waals surface area contributed by atoms with Gasteiger partial charge in [-0.15, -0.1) is 0 Å². The van der Waals surface area contributed by atoms with E-state index in [0.717, 1.165) is 37.3 Å². The molecule has 0 spiro atoms. The Morgan fingerprint density at radius 3 is 2.70 bits per heavy atom. The number of nitrogens with one attached hydrogen (secondary N) is 2. The summed E-state index contributed by atoms with van der Waals surface area (Å²) in [7, 11) is 1.35. The quantitative estimate of drug-likeness (QED) is 0.580. The molecule has 4 rings (SSSR count). The highest BCUT2D eigenvalue weighted by Gasteiger charge is 2.34. The Kier molecular flexibility index (Phi) is 5.81. The second-order valence-electron chi connectivity index (χ2n) is 8.08. The van der Waals surface area contributed by atoms with Crippen molar-refractivity contribution in [2.45, 2.75) is 39.2 Å². The van der Waals surface area contributed by atoms with Crippen molar-refractivity contribution in [3.63, 3.8) is 0 Å². The molecule has 2 aliphatic rings. The van der Waals surface area contributed by atoms with Crippen LogP contribution in [0, 0.1) is 13.8 Å². The number of aromatic amines is 1. The van der Waals surface area contributed by atoms with E-state index in [4.69, 9.17) is 14.2 Å². The number of rotatable bonds is 5. The standard InChI is InChI=1S/C23H28N2O5/c1-14-21(23(27)28-3)15(2)24-22(14)18(26)13-25-9-4-6-17(25)16-7-8-19-20(12-16)30-11-5-10-29-19/h7-8,12,17,24H,4-6,9-11,13H2,1-3H3/p+1/t17-/m1/s1. The highest BCUT2D eigenvalue weighted by molar-refractivity contribution is 6.01. The van der Waals surface area contributed by atoms with E-state index in [1.807, 2.05) is 6.07 Å². The fraction of sp³-hybridized carbons (Fsp3) is 0.478. The average molecular weight is 413 g/mol. The first-order valence-electron chi connectivity index (χ1n) is 10.5. The fourth-order valence-corrected chi connectivity index (χ4v) is 4.65. The van der Waals surface area contributed by atoms with E-state index in [1.165, 1.54) is 17.6 Å². The number of ketones is 1. The van der Waals surface area contributed by atoms with Gasteiger partial charge in [-0.25, -0.2) is 4.79 Å². The number of carbonyl (C=O) groups is 2. The average Bonchev–Trinajstić information content (AvgIpc) is 3.22. The molecule has 1 aromatic heterocycles. The molecule has 0 bridgehead atoms. The SMILES string of the molecule is COC(=O)c1c(C)[nH]c(C(=O)C[NH+]2CCC[C@@H]2c2ccc3c(c2)OCCCO3)c1C. The van der Waals surface area contributed by atoms with Gasteiger partial charge in [-0.2, -0.15) is 0 Å². The molecular weight excluding hydrogens is 384 g/mol. The molecule has 2 N–H and O–H groups in total. The zero-order valence-corrected chi connectivity index (χ0v) is 17.8. The van der Waals surface area contributed by atoms with Gasteiger partial charge >= 0.3 is 5.97 Å². The second-order valence-corrected chi connectivity index (χ2v) is 8.08. The number of aryl methyl sites for hydroxylation is 1. The van der Waals surface area contributed by atoms with Crippen molar-refractivity contribution in [3.8, 4) is 11.5 Å². The number of quaternary nitrogens is 1. The van der Waals surface area contributed by atoms with Gasteiger partial charge in [-0.1, -0.05) is 0 Å². The van der Waals surface area contributed by atoms with Crippen molar-refractivity contribution in [2.24, 2.45) is 0 Å². The van der Waals surface area contributed by atoms with Crippen LogP contribution in [0.2, 0.25) is 0 Å². The molecule has 1 unspecified atom stereocenters. The van der Waals surface area contributed by atoms with Crippen LogP contribution in [0.15, 0.2) is 18.2 Å². The van der Waals surface area contributed by atoms with Crippen LogP contribution in [0.1, 0.15) is 63.0 Å². The minimum Gasteiger partial charge on any atom is -0.490 e. The number of carbonyl (C=O) groups excluding carboxylic acids is 2. The normalized spacial score (nSPS) is 20.6. The summed E-state index contributed by atoms with van der Waals surface area (Å²) in [5, 5.41) is 0. The van der Waals surface area contributed by atoms with Crippen LogP contribution in [0.3, 0.4) is 0 Å². The topological polar surface area (TPSA) is 82.1 Å².